The zero-order chi connectivity index (χ0) is 14.0. The van der Waals surface area contributed by atoms with Crippen LogP contribution in [0.25, 0.3) is 0 Å². The van der Waals surface area contributed by atoms with E-state index in [9.17, 15) is 0 Å². The molecule has 2 aliphatic carbocycles. The van der Waals surface area contributed by atoms with Crippen molar-refractivity contribution in [1.82, 2.24) is 0 Å². The van der Waals surface area contributed by atoms with Crippen molar-refractivity contribution in [3.05, 3.63) is 0 Å². The highest BCUT2D eigenvalue weighted by Crippen LogP contribution is 2.40. The molecule has 2 fully saturated rings. The maximum atomic E-state index is 6.40. The van der Waals surface area contributed by atoms with Crippen molar-refractivity contribution >= 4 is 11.6 Å². The second-order valence-electron chi connectivity index (χ2n) is 6.71. The largest absolute Gasteiger partial charge is 0.374 e. The highest BCUT2D eigenvalue weighted by molar-refractivity contribution is 6.21. The van der Waals surface area contributed by atoms with E-state index in [1.807, 2.05) is 6.92 Å². The zero-order valence-corrected chi connectivity index (χ0v) is 13.5. The van der Waals surface area contributed by atoms with Gasteiger partial charge < -0.3 is 9.47 Å². The number of alkyl halides is 1. The fourth-order valence-electron chi connectivity index (χ4n) is 3.56. The van der Waals surface area contributed by atoms with Gasteiger partial charge in [-0.2, -0.15) is 0 Å². The molecule has 0 aromatic rings. The van der Waals surface area contributed by atoms with Gasteiger partial charge in [-0.05, 0) is 43.9 Å². The van der Waals surface area contributed by atoms with Gasteiger partial charge in [0.1, 0.15) is 6.10 Å². The van der Waals surface area contributed by atoms with E-state index < -0.39 is 0 Å². The lowest BCUT2D eigenvalue weighted by Gasteiger charge is -2.46. The molecule has 112 valence electrons. The Morgan fingerprint density at radius 2 is 1.89 bits per heavy atom. The molecule has 0 aromatic heterocycles. The first kappa shape index (κ1) is 15.6. The van der Waals surface area contributed by atoms with Crippen LogP contribution in [0, 0.1) is 17.8 Å². The fourth-order valence-corrected chi connectivity index (χ4v) is 3.97. The standard InChI is InChI=1S/C16H29ClO2/c1-5-18-16-13(17)9-15(16)19-14-8-11(4)6-7-12(14)10(2)3/h10-16H,5-9H2,1-4H3. The predicted molar refractivity (Wildman–Crippen MR) is 79.7 cm³/mol. The zero-order valence-electron chi connectivity index (χ0n) is 12.8. The van der Waals surface area contributed by atoms with Crippen molar-refractivity contribution < 1.29 is 9.47 Å². The molecular weight excluding hydrogens is 260 g/mol. The van der Waals surface area contributed by atoms with Gasteiger partial charge in [-0.1, -0.05) is 27.2 Å². The van der Waals surface area contributed by atoms with Crippen LogP contribution in [0.3, 0.4) is 0 Å². The van der Waals surface area contributed by atoms with Gasteiger partial charge in [-0.15, -0.1) is 11.6 Å². The van der Waals surface area contributed by atoms with Crippen molar-refractivity contribution in [3.8, 4) is 0 Å². The molecule has 6 atom stereocenters. The molecule has 2 aliphatic rings. The van der Waals surface area contributed by atoms with Crippen molar-refractivity contribution in [2.45, 2.75) is 77.1 Å². The van der Waals surface area contributed by atoms with Crippen molar-refractivity contribution in [1.29, 1.82) is 0 Å². The Morgan fingerprint density at radius 1 is 1.16 bits per heavy atom. The maximum absolute atomic E-state index is 6.40. The lowest BCUT2D eigenvalue weighted by Crippen LogP contribution is -2.53. The molecule has 0 spiro atoms. The van der Waals surface area contributed by atoms with Crippen molar-refractivity contribution in [3.63, 3.8) is 0 Å². The first-order valence-corrected chi connectivity index (χ1v) is 8.37. The van der Waals surface area contributed by atoms with E-state index in [-0.39, 0.29) is 17.6 Å². The molecule has 0 radical (unpaired) electrons. The van der Waals surface area contributed by atoms with E-state index in [4.69, 9.17) is 21.1 Å². The molecule has 0 aliphatic heterocycles. The lowest BCUT2D eigenvalue weighted by atomic mass is 9.75. The van der Waals surface area contributed by atoms with E-state index in [0.29, 0.717) is 17.9 Å². The number of halogens is 1. The summed E-state index contributed by atoms with van der Waals surface area (Å²) in [5, 5.41) is 0.142. The van der Waals surface area contributed by atoms with Gasteiger partial charge in [0.15, 0.2) is 0 Å². The average molecular weight is 289 g/mol. The Bertz CT molecular complexity index is 282. The molecule has 6 unspecified atom stereocenters. The van der Waals surface area contributed by atoms with Gasteiger partial charge in [0.05, 0.1) is 17.6 Å². The van der Waals surface area contributed by atoms with Gasteiger partial charge in [0, 0.05) is 6.61 Å². The first-order valence-electron chi connectivity index (χ1n) is 7.94. The van der Waals surface area contributed by atoms with Gasteiger partial charge in [0.25, 0.3) is 0 Å². The summed E-state index contributed by atoms with van der Waals surface area (Å²) in [5.74, 6) is 2.19. The van der Waals surface area contributed by atoms with E-state index in [1.54, 1.807) is 0 Å². The van der Waals surface area contributed by atoms with Crippen LogP contribution in [0.5, 0.6) is 0 Å². The molecule has 0 aromatic carbocycles. The molecule has 19 heavy (non-hydrogen) atoms. The Morgan fingerprint density at radius 3 is 2.47 bits per heavy atom. The second-order valence-corrected chi connectivity index (χ2v) is 7.27. The molecule has 0 heterocycles. The van der Waals surface area contributed by atoms with Gasteiger partial charge in [-0.3, -0.25) is 0 Å². The van der Waals surface area contributed by atoms with Crippen LogP contribution < -0.4 is 0 Å². The quantitative estimate of drug-likeness (QED) is 0.704. The second kappa shape index (κ2) is 6.78. The van der Waals surface area contributed by atoms with Crippen LogP contribution in [0.4, 0.5) is 0 Å². The lowest BCUT2D eigenvalue weighted by molar-refractivity contribution is -0.170. The minimum Gasteiger partial charge on any atom is -0.374 e. The van der Waals surface area contributed by atoms with Gasteiger partial charge in [0.2, 0.25) is 0 Å². The van der Waals surface area contributed by atoms with E-state index in [1.165, 1.54) is 19.3 Å². The summed E-state index contributed by atoms with van der Waals surface area (Å²) in [6.07, 6.45) is 5.53. The smallest absolute Gasteiger partial charge is 0.100 e. The van der Waals surface area contributed by atoms with Crippen LogP contribution in [0.1, 0.15) is 53.4 Å². The predicted octanol–water partition coefficient (Wildman–Crippen LogP) is 4.25. The molecule has 2 saturated carbocycles. The highest BCUT2D eigenvalue weighted by Gasteiger charge is 2.44. The van der Waals surface area contributed by atoms with Crippen LogP contribution >= 0.6 is 11.6 Å². The van der Waals surface area contributed by atoms with E-state index in [2.05, 4.69) is 20.8 Å². The van der Waals surface area contributed by atoms with Crippen LogP contribution in [-0.2, 0) is 9.47 Å². The number of ether oxygens (including phenoxy) is 2. The Hall–Kier alpha value is 0.210. The Balaban J connectivity index is 1.91. The van der Waals surface area contributed by atoms with Crippen molar-refractivity contribution in [2.75, 3.05) is 6.61 Å². The first-order chi connectivity index (χ1) is 9.02. The summed E-state index contributed by atoms with van der Waals surface area (Å²) in [5.41, 5.74) is 0. The van der Waals surface area contributed by atoms with Gasteiger partial charge >= 0.3 is 0 Å². The van der Waals surface area contributed by atoms with Crippen LogP contribution in [0.15, 0.2) is 0 Å². The average Bonchev–Trinajstić information content (AvgIpc) is 2.35. The van der Waals surface area contributed by atoms with Crippen LogP contribution in [0.2, 0.25) is 0 Å². The summed E-state index contributed by atoms with van der Waals surface area (Å²) in [7, 11) is 0. The SMILES string of the molecule is CCOC1C(Cl)CC1OC1CC(C)CCC1C(C)C. The molecule has 0 saturated heterocycles. The molecule has 2 rings (SSSR count). The summed E-state index contributed by atoms with van der Waals surface area (Å²) in [6.45, 7) is 9.74. The molecule has 0 bridgehead atoms. The minimum atomic E-state index is 0.108. The summed E-state index contributed by atoms with van der Waals surface area (Å²) in [4.78, 5) is 0. The monoisotopic (exact) mass is 288 g/mol. The van der Waals surface area contributed by atoms with Crippen molar-refractivity contribution in [2.24, 2.45) is 17.8 Å². The maximum Gasteiger partial charge on any atom is 0.100 e. The Kier molecular flexibility index (Phi) is 5.56. The van der Waals surface area contributed by atoms with E-state index >= 15 is 0 Å². The third-order valence-electron chi connectivity index (χ3n) is 4.85. The third kappa shape index (κ3) is 3.65. The number of rotatable bonds is 5. The summed E-state index contributed by atoms with van der Waals surface area (Å²) < 4.78 is 12.1. The summed E-state index contributed by atoms with van der Waals surface area (Å²) in [6, 6.07) is 0. The molecular formula is C16H29ClO2. The number of hydrogen-bond acceptors (Lipinski definition) is 2. The molecule has 0 amide bonds. The van der Waals surface area contributed by atoms with E-state index in [0.717, 1.165) is 18.9 Å². The molecule has 0 N–H and O–H groups in total. The highest BCUT2D eigenvalue weighted by atomic mass is 35.5. The molecule has 3 heteroatoms. The minimum absolute atomic E-state index is 0.108. The Labute approximate surface area is 123 Å². The number of hydrogen-bond donors (Lipinski definition) is 0. The fraction of sp³-hybridized carbons (Fsp3) is 1.00. The normalized spacial score (nSPS) is 43.3. The van der Waals surface area contributed by atoms with Crippen LogP contribution in [-0.4, -0.2) is 30.3 Å². The molecule has 2 nitrogen and oxygen atoms in total. The van der Waals surface area contributed by atoms with Gasteiger partial charge in [-0.25, -0.2) is 0 Å². The summed E-state index contributed by atoms with van der Waals surface area (Å²) >= 11 is 6.23. The topological polar surface area (TPSA) is 18.5 Å². The third-order valence-corrected chi connectivity index (χ3v) is 5.28.